The summed E-state index contributed by atoms with van der Waals surface area (Å²) in [6.07, 6.45) is 1.40. The van der Waals surface area contributed by atoms with Gasteiger partial charge in [-0.2, -0.15) is 0 Å². The molecule has 0 radical (unpaired) electrons. The van der Waals surface area contributed by atoms with E-state index in [1.54, 1.807) is 0 Å². The quantitative estimate of drug-likeness (QED) is 0.276. The minimum atomic E-state index is -0.305. The van der Waals surface area contributed by atoms with Crippen LogP contribution in [0.15, 0.2) is 60.7 Å². The number of esters is 1. The van der Waals surface area contributed by atoms with Crippen LogP contribution in [-0.4, -0.2) is 45.6 Å². The third-order valence-corrected chi connectivity index (χ3v) is 7.65. The van der Waals surface area contributed by atoms with Gasteiger partial charge < -0.3 is 23.7 Å². The highest BCUT2D eigenvalue weighted by Crippen LogP contribution is 2.37. The molecule has 2 saturated heterocycles. The molecule has 6 nitrogen and oxygen atoms in total. The minimum Gasteiger partial charge on any atom is -0.493 e. The molecule has 3 aromatic carbocycles. The number of benzene rings is 3. The Labute approximate surface area is 231 Å². The van der Waals surface area contributed by atoms with Crippen molar-refractivity contribution in [1.29, 1.82) is 0 Å². The molecule has 0 amide bonds. The number of hydrogen-bond acceptors (Lipinski definition) is 6. The molecule has 0 aromatic heterocycles. The molecule has 2 heterocycles. The fourth-order valence-corrected chi connectivity index (χ4v) is 5.49. The Morgan fingerprint density at radius 3 is 2.36 bits per heavy atom. The maximum atomic E-state index is 12.1. The first-order valence-corrected chi connectivity index (χ1v) is 13.8. The molecule has 0 saturated carbocycles. The Morgan fingerprint density at radius 1 is 0.949 bits per heavy atom. The highest BCUT2D eigenvalue weighted by molar-refractivity contribution is 5.73. The third kappa shape index (κ3) is 6.45. The van der Waals surface area contributed by atoms with E-state index >= 15 is 0 Å². The number of carbonyl (C=O) groups excluding carboxylic acids is 1. The lowest BCUT2D eigenvalue weighted by atomic mass is 9.76. The summed E-state index contributed by atoms with van der Waals surface area (Å²) in [6, 6.07) is 20.8. The summed E-state index contributed by atoms with van der Waals surface area (Å²) in [5, 5.41) is 0. The maximum Gasteiger partial charge on any atom is 0.306 e. The van der Waals surface area contributed by atoms with Gasteiger partial charge in [0.15, 0.2) is 0 Å². The highest BCUT2D eigenvalue weighted by atomic mass is 16.5. The van der Waals surface area contributed by atoms with Gasteiger partial charge in [-0.05, 0) is 90.9 Å². The van der Waals surface area contributed by atoms with Crippen molar-refractivity contribution in [3.8, 4) is 22.6 Å². The number of ether oxygens (including phenoxy) is 5. The van der Waals surface area contributed by atoms with Crippen LogP contribution in [-0.2, 0) is 31.0 Å². The van der Waals surface area contributed by atoms with Gasteiger partial charge in [-0.3, -0.25) is 4.79 Å². The predicted octanol–water partition coefficient (Wildman–Crippen LogP) is 6.19. The molecular formula is C33H38O6. The van der Waals surface area contributed by atoms with Crippen LogP contribution < -0.4 is 9.47 Å². The Bertz CT molecular complexity index is 1250. The maximum absolute atomic E-state index is 12.1. The van der Waals surface area contributed by atoms with Gasteiger partial charge in [0.25, 0.3) is 0 Å². The highest BCUT2D eigenvalue weighted by Gasteiger charge is 2.42. The second kappa shape index (κ2) is 12.2. The van der Waals surface area contributed by atoms with Crippen LogP contribution in [0.25, 0.3) is 11.1 Å². The zero-order valence-corrected chi connectivity index (χ0v) is 23.2. The lowest BCUT2D eigenvalue weighted by Gasteiger charge is -2.41. The summed E-state index contributed by atoms with van der Waals surface area (Å²) in [4.78, 5) is 12.1. The van der Waals surface area contributed by atoms with Crippen LogP contribution in [0.3, 0.4) is 0 Å². The van der Waals surface area contributed by atoms with E-state index in [0.717, 1.165) is 42.3 Å². The molecule has 0 spiro atoms. The van der Waals surface area contributed by atoms with Crippen LogP contribution in [0, 0.1) is 19.8 Å². The summed E-state index contributed by atoms with van der Waals surface area (Å²) in [7, 11) is 0. The first kappa shape index (κ1) is 27.2. The van der Waals surface area contributed by atoms with Crippen LogP contribution >= 0.6 is 0 Å². The molecular weight excluding hydrogens is 492 g/mol. The molecule has 0 aliphatic carbocycles. The van der Waals surface area contributed by atoms with E-state index in [2.05, 4.69) is 50.2 Å². The number of hydrogen-bond donors (Lipinski definition) is 0. The Morgan fingerprint density at radius 2 is 1.72 bits per heavy atom. The van der Waals surface area contributed by atoms with Gasteiger partial charge in [0.1, 0.15) is 18.1 Å². The molecule has 5 rings (SSSR count). The first-order chi connectivity index (χ1) is 19.0. The summed E-state index contributed by atoms with van der Waals surface area (Å²) in [5.74, 6) is 2.00. The van der Waals surface area contributed by atoms with Crippen LogP contribution in [0.5, 0.6) is 11.5 Å². The summed E-state index contributed by atoms with van der Waals surface area (Å²) < 4.78 is 28.3. The van der Waals surface area contributed by atoms with Crippen molar-refractivity contribution < 1.29 is 28.5 Å². The van der Waals surface area contributed by atoms with E-state index in [1.807, 2.05) is 31.2 Å². The molecule has 6 heteroatoms. The lowest BCUT2D eigenvalue weighted by Crippen LogP contribution is -2.48. The smallest absolute Gasteiger partial charge is 0.306 e. The molecule has 0 N–H and O–H groups in total. The van der Waals surface area contributed by atoms with Crippen molar-refractivity contribution in [2.75, 3.05) is 39.6 Å². The van der Waals surface area contributed by atoms with E-state index in [0.29, 0.717) is 45.4 Å². The van der Waals surface area contributed by atoms with Crippen molar-refractivity contribution in [1.82, 2.24) is 0 Å². The van der Waals surface area contributed by atoms with Crippen LogP contribution in [0.2, 0.25) is 0 Å². The van der Waals surface area contributed by atoms with Crippen molar-refractivity contribution in [2.24, 2.45) is 5.92 Å². The molecule has 2 aliphatic rings. The fraction of sp³-hybridized carbons (Fsp3) is 0.424. The van der Waals surface area contributed by atoms with E-state index in [4.69, 9.17) is 23.7 Å². The number of aryl methyl sites for hydroxylation is 2. The van der Waals surface area contributed by atoms with Crippen molar-refractivity contribution in [3.05, 3.63) is 82.9 Å². The van der Waals surface area contributed by atoms with Crippen LogP contribution in [0.1, 0.15) is 42.0 Å². The first-order valence-electron chi connectivity index (χ1n) is 13.8. The second-order valence-corrected chi connectivity index (χ2v) is 10.7. The molecule has 1 unspecified atom stereocenters. The zero-order valence-electron chi connectivity index (χ0n) is 23.2. The van der Waals surface area contributed by atoms with Crippen LogP contribution in [0.4, 0.5) is 0 Å². The molecule has 39 heavy (non-hydrogen) atoms. The molecule has 1 atom stereocenters. The topological polar surface area (TPSA) is 63.2 Å². The Kier molecular flexibility index (Phi) is 8.53. The standard InChI is InChI=1S/C33H38O6/c1-4-37-31(34)17-33(21-36-22-33)28-8-10-29(11-9-28)38-19-25-6-5-7-27(16-25)32-23(2)14-30(15-24(32)3)39-20-26-12-13-35-18-26/h5-11,14-16,26H,4,12-13,17-22H2,1-3H3. The predicted molar refractivity (Wildman–Crippen MR) is 150 cm³/mol. The average molecular weight is 531 g/mol. The largest absolute Gasteiger partial charge is 0.493 e. The lowest BCUT2D eigenvalue weighted by molar-refractivity contribution is -0.151. The molecule has 3 aromatic rings. The van der Waals surface area contributed by atoms with Crippen molar-refractivity contribution >= 4 is 5.97 Å². The van der Waals surface area contributed by atoms with Gasteiger partial charge in [0.05, 0.1) is 44.9 Å². The van der Waals surface area contributed by atoms with Crippen molar-refractivity contribution in [3.63, 3.8) is 0 Å². The van der Waals surface area contributed by atoms with E-state index in [1.165, 1.54) is 22.3 Å². The monoisotopic (exact) mass is 530 g/mol. The molecule has 2 fully saturated rings. The van der Waals surface area contributed by atoms with Gasteiger partial charge in [0.2, 0.25) is 0 Å². The Hall–Kier alpha value is -3.35. The van der Waals surface area contributed by atoms with E-state index in [9.17, 15) is 4.79 Å². The Balaban J connectivity index is 1.22. The van der Waals surface area contributed by atoms with Gasteiger partial charge in [-0.15, -0.1) is 0 Å². The molecule has 206 valence electrons. The molecule has 0 bridgehead atoms. The third-order valence-electron chi connectivity index (χ3n) is 7.65. The number of rotatable bonds is 11. The summed E-state index contributed by atoms with van der Waals surface area (Å²) >= 11 is 0. The fourth-order valence-electron chi connectivity index (χ4n) is 5.49. The van der Waals surface area contributed by atoms with Gasteiger partial charge in [-0.25, -0.2) is 0 Å². The molecule has 2 aliphatic heterocycles. The van der Waals surface area contributed by atoms with E-state index in [-0.39, 0.29) is 11.4 Å². The SMILES string of the molecule is CCOC(=O)CC1(c2ccc(OCc3cccc(-c4c(C)cc(OCC5CCOC5)cc4C)c3)cc2)COC1. The zero-order chi connectivity index (χ0) is 27.2. The number of carbonyl (C=O) groups is 1. The van der Waals surface area contributed by atoms with Crippen molar-refractivity contribution in [2.45, 2.75) is 45.6 Å². The minimum absolute atomic E-state index is 0.187. The van der Waals surface area contributed by atoms with Gasteiger partial charge in [-0.1, -0.05) is 30.3 Å². The van der Waals surface area contributed by atoms with Gasteiger partial charge in [0, 0.05) is 12.5 Å². The van der Waals surface area contributed by atoms with Gasteiger partial charge >= 0.3 is 5.97 Å². The normalized spacial score (nSPS) is 17.9. The summed E-state index contributed by atoms with van der Waals surface area (Å²) in [6.45, 7) is 10.3. The second-order valence-electron chi connectivity index (χ2n) is 10.7. The summed E-state index contributed by atoms with van der Waals surface area (Å²) in [5.41, 5.74) is 6.65. The average Bonchev–Trinajstić information content (AvgIpc) is 3.43. The van der Waals surface area contributed by atoms with E-state index < -0.39 is 0 Å².